The highest BCUT2D eigenvalue weighted by atomic mass is 14.9. The van der Waals surface area contributed by atoms with E-state index in [1.807, 2.05) is 0 Å². The third-order valence-electron chi connectivity index (χ3n) is 3.68. The summed E-state index contributed by atoms with van der Waals surface area (Å²) in [5, 5.41) is 3.50. The van der Waals surface area contributed by atoms with Crippen LogP contribution >= 0.6 is 0 Å². The van der Waals surface area contributed by atoms with Gasteiger partial charge in [0.1, 0.15) is 0 Å². The summed E-state index contributed by atoms with van der Waals surface area (Å²) < 4.78 is 0. The summed E-state index contributed by atoms with van der Waals surface area (Å²) in [5.74, 6) is 0. The zero-order valence-electron chi connectivity index (χ0n) is 10.8. The van der Waals surface area contributed by atoms with Gasteiger partial charge in [-0.05, 0) is 31.7 Å². The summed E-state index contributed by atoms with van der Waals surface area (Å²) in [6.07, 6.45) is 7.94. The monoisotopic (exact) mass is 199 g/mol. The quantitative estimate of drug-likeness (QED) is 0.623. The minimum absolute atomic E-state index is 0.501. The molecule has 0 spiro atoms. The van der Waals surface area contributed by atoms with E-state index in [2.05, 4.69) is 40.1 Å². The van der Waals surface area contributed by atoms with E-state index < -0.39 is 0 Å². The molecule has 86 valence electrons. The normalized spacial score (nSPS) is 17.8. The van der Waals surface area contributed by atoms with Crippen LogP contribution < -0.4 is 5.32 Å². The van der Waals surface area contributed by atoms with Gasteiger partial charge in [-0.15, -0.1) is 0 Å². The topological polar surface area (TPSA) is 12.0 Å². The van der Waals surface area contributed by atoms with Gasteiger partial charge < -0.3 is 5.32 Å². The summed E-state index contributed by atoms with van der Waals surface area (Å²) in [6, 6.07) is 0.698. The highest BCUT2D eigenvalue weighted by molar-refractivity contribution is 4.85. The largest absolute Gasteiger partial charge is 0.316 e. The molecule has 0 rings (SSSR count). The Morgan fingerprint density at radius 1 is 1.14 bits per heavy atom. The van der Waals surface area contributed by atoms with E-state index in [9.17, 15) is 0 Å². The Bertz CT molecular complexity index is 133. The summed E-state index contributed by atoms with van der Waals surface area (Å²) in [7, 11) is 2.11. The van der Waals surface area contributed by atoms with Crippen LogP contribution in [-0.4, -0.2) is 13.1 Å². The lowest BCUT2D eigenvalue weighted by Crippen LogP contribution is -2.41. The van der Waals surface area contributed by atoms with Crippen LogP contribution in [0.25, 0.3) is 0 Å². The molecule has 0 aliphatic carbocycles. The maximum absolute atomic E-state index is 3.50. The molecule has 0 aromatic carbocycles. The molecule has 0 radical (unpaired) electrons. The summed E-state index contributed by atoms with van der Waals surface area (Å²) >= 11 is 0. The van der Waals surface area contributed by atoms with Gasteiger partial charge in [0.2, 0.25) is 0 Å². The number of hydrogen-bond acceptors (Lipinski definition) is 1. The van der Waals surface area contributed by atoms with Gasteiger partial charge in [-0.3, -0.25) is 0 Å². The second kappa shape index (κ2) is 7.28. The van der Waals surface area contributed by atoms with E-state index in [1.54, 1.807) is 0 Å². The molecule has 0 amide bonds. The maximum atomic E-state index is 3.50. The van der Waals surface area contributed by atoms with E-state index in [0.29, 0.717) is 11.5 Å². The van der Waals surface area contributed by atoms with Crippen molar-refractivity contribution >= 4 is 0 Å². The highest BCUT2D eigenvalue weighted by Gasteiger charge is 2.29. The summed E-state index contributed by atoms with van der Waals surface area (Å²) in [5.41, 5.74) is 0.501. The number of rotatable bonds is 8. The van der Waals surface area contributed by atoms with Gasteiger partial charge in [-0.2, -0.15) is 0 Å². The third kappa shape index (κ3) is 4.00. The zero-order valence-corrected chi connectivity index (χ0v) is 10.8. The first-order valence-corrected chi connectivity index (χ1v) is 6.31. The minimum Gasteiger partial charge on any atom is -0.316 e. The van der Waals surface area contributed by atoms with Crippen LogP contribution in [-0.2, 0) is 0 Å². The molecule has 0 fully saturated rings. The third-order valence-corrected chi connectivity index (χ3v) is 3.68. The molecular weight excluding hydrogens is 170 g/mol. The Balaban J connectivity index is 4.28. The van der Waals surface area contributed by atoms with Crippen molar-refractivity contribution in [3.8, 4) is 0 Å². The van der Waals surface area contributed by atoms with E-state index in [4.69, 9.17) is 0 Å². The van der Waals surface area contributed by atoms with Crippen LogP contribution in [0.15, 0.2) is 0 Å². The Morgan fingerprint density at radius 2 is 1.79 bits per heavy atom. The van der Waals surface area contributed by atoms with Crippen LogP contribution in [0.1, 0.15) is 66.2 Å². The number of nitrogens with one attached hydrogen (secondary N) is 1. The van der Waals surface area contributed by atoms with Gasteiger partial charge in [-0.25, -0.2) is 0 Å². The van der Waals surface area contributed by atoms with Crippen molar-refractivity contribution in [2.75, 3.05) is 7.05 Å². The lowest BCUT2D eigenvalue weighted by molar-refractivity contribution is 0.181. The standard InChI is InChI=1S/C13H29N/c1-6-9-11-13(4,8-3)12(14-5)10-7-2/h12,14H,6-11H2,1-5H3. The van der Waals surface area contributed by atoms with Crippen molar-refractivity contribution in [2.45, 2.75) is 72.3 Å². The van der Waals surface area contributed by atoms with Crippen molar-refractivity contribution in [1.29, 1.82) is 0 Å². The first-order valence-electron chi connectivity index (χ1n) is 6.31. The van der Waals surface area contributed by atoms with E-state index in [0.717, 1.165) is 0 Å². The molecular formula is C13H29N. The van der Waals surface area contributed by atoms with Crippen molar-refractivity contribution in [3.63, 3.8) is 0 Å². The fourth-order valence-corrected chi connectivity index (χ4v) is 2.31. The second-order valence-electron chi connectivity index (χ2n) is 4.74. The smallest absolute Gasteiger partial charge is 0.0118 e. The van der Waals surface area contributed by atoms with E-state index >= 15 is 0 Å². The molecule has 1 nitrogen and oxygen atoms in total. The predicted octanol–water partition coefficient (Wildman–Crippen LogP) is 3.98. The maximum Gasteiger partial charge on any atom is 0.0118 e. The molecule has 0 saturated carbocycles. The Morgan fingerprint density at radius 3 is 2.14 bits per heavy atom. The predicted molar refractivity (Wildman–Crippen MR) is 65.7 cm³/mol. The average Bonchev–Trinajstić information content (AvgIpc) is 2.22. The molecule has 14 heavy (non-hydrogen) atoms. The highest BCUT2D eigenvalue weighted by Crippen LogP contribution is 2.34. The van der Waals surface area contributed by atoms with Crippen LogP contribution in [0.5, 0.6) is 0 Å². The first kappa shape index (κ1) is 14.0. The van der Waals surface area contributed by atoms with Gasteiger partial charge in [0, 0.05) is 6.04 Å². The molecule has 0 heterocycles. The van der Waals surface area contributed by atoms with Gasteiger partial charge in [0.25, 0.3) is 0 Å². The van der Waals surface area contributed by atoms with Crippen LogP contribution in [0.2, 0.25) is 0 Å². The molecule has 0 bridgehead atoms. The average molecular weight is 199 g/mol. The lowest BCUT2D eigenvalue weighted by atomic mass is 9.74. The van der Waals surface area contributed by atoms with Gasteiger partial charge in [0.05, 0.1) is 0 Å². The van der Waals surface area contributed by atoms with Crippen molar-refractivity contribution < 1.29 is 0 Å². The molecule has 2 unspecified atom stereocenters. The van der Waals surface area contributed by atoms with Crippen LogP contribution in [0.3, 0.4) is 0 Å². The summed E-state index contributed by atoms with van der Waals surface area (Å²) in [4.78, 5) is 0. The fourth-order valence-electron chi connectivity index (χ4n) is 2.31. The molecule has 0 aromatic heterocycles. The molecule has 1 heteroatoms. The molecule has 1 N–H and O–H groups in total. The van der Waals surface area contributed by atoms with Gasteiger partial charge in [-0.1, -0.05) is 47.0 Å². The van der Waals surface area contributed by atoms with Crippen LogP contribution in [0, 0.1) is 5.41 Å². The molecule has 0 aliphatic heterocycles. The molecule has 0 saturated heterocycles. The van der Waals surface area contributed by atoms with E-state index in [-0.39, 0.29) is 0 Å². The number of hydrogen-bond donors (Lipinski definition) is 1. The Hall–Kier alpha value is -0.0400. The first-order chi connectivity index (χ1) is 6.64. The fraction of sp³-hybridized carbons (Fsp3) is 1.00. The van der Waals surface area contributed by atoms with Gasteiger partial charge in [0.15, 0.2) is 0 Å². The van der Waals surface area contributed by atoms with E-state index in [1.165, 1.54) is 38.5 Å². The lowest BCUT2D eigenvalue weighted by Gasteiger charge is -2.37. The Labute approximate surface area is 90.7 Å². The summed E-state index contributed by atoms with van der Waals surface area (Å²) in [6.45, 7) is 9.33. The van der Waals surface area contributed by atoms with Gasteiger partial charge >= 0.3 is 0 Å². The SMILES string of the molecule is CCCCC(C)(CC)C(CCC)NC. The van der Waals surface area contributed by atoms with Crippen LogP contribution in [0.4, 0.5) is 0 Å². The number of unbranched alkanes of at least 4 members (excludes halogenated alkanes) is 1. The zero-order chi connectivity index (χ0) is 11.0. The van der Waals surface area contributed by atoms with Crippen molar-refractivity contribution in [1.82, 2.24) is 5.32 Å². The van der Waals surface area contributed by atoms with Crippen molar-refractivity contribution in [2.24, 2.45) is 5.41 Å². The molecule has 0 aromatic rings. The minimum atomic E-state index is 0.501. The van der Waals surface area contributed by atoms with Crippen molar-refractivity contribution in [3.05, 3.63) is 0 Å². The molecule has 0 aliphatic rings. The second-order valence-corrected chi connectivity index (χ2v) is 4.74. The molecule has 2 atom stereocenters. The Kier molecular flexibility index (Phi) is 7.26.